The Morgan fingerprint density at radius 1 is 1.33 bits per heavy atom. The predicted octanol–water partition coefficient (Wildman–Crippen LogP) is 5.72. The molecule has 1 saturated heterocycles. The van der Waals surface area contributed by atoms with Crippen molar-refractivity contribution in [2.24, 2.45) is 0 Å². The number of thiophene rings is 1. The third-order valence-corrected chi connectivity index (χ3v) is 6.73. The second-order valence-electron chi connectivity index (χ2n) is 6.48. The standard InChI is InChI=1S/C20H19ClN2O2S2/c1-13-19(20(24)23-9-2-3-17(23)14-8-10-26-12-14)27-18(22-13)11-25-16-6-4-15(21)5-7-16/h4-8,10,12,17H,2-3,9,11H2,1H3. The minimum absolute atomic E-state index is 0.0800. The first kappa shape index (κ1) is 18.5. The van der Waals surface area contributed by atoms with Crippen LogP contribution < -0.4 is 4.74 Å². The molecule has 0 saturated carbocycles. The Balaban J connectivity index is 1.47. The van der Waals surface area contributed by atoms with Gasteiger partial charge in [0.1, 0.15) is 22.2 Å². The van der Waals surface area contributed by atoms with Gasteiger partial charge in [-0.15, -0.1) is 11.3 Å². The van der Waals surface area contributed by atoms with Crippen LogP contribution in [0.5, 0.6) is 5.75 Å². The molecule has 1 aliphatic heterocycles. The van der Waals surface area contributed by atoms with Gasteiger partial charge in [-0.25, -0.2) is 4.98 Å². The Hall–Kier alpha value is -1.89. The maximum Gasteiger partial charge on any atom is 0.266 e. The van der Waals surface area contributed by atoms with Crippen molar-refractivity contribution in [3.8, 4) is 5.75 Å². The minimum Gasteiger partial charge on any atom is -0.486 e. The van der Waals surface area contributed by atoms with Crippen LogP contribution in [0.3, 0.4) is 0 Å². The van der Waals surface area contributed by atoms with Crippen LogP contribution in [0.2, 0.25) is 5.02 Å². The number of nitrogens with zero attached hydrogens (tertiary/aromatic N) is 2. The van der Waals surface area contributed by atoms with Crippen LogP contribution in [0.25, 0.3) is 0 Å². The summed E-state index contributed by atoms with van der Waals surface area (Å²) >= 11 is 8.99. The summed E-state index contributed by atoms with van der Waals surface area (Å²) in [5.41, 5.74) is 2.01. The van der Waals surface area contributed by atoms with E-state index >= 15 is 0 Å². The molecular weight excluding hydrogens is 400 g/mol. The number of aryl methyl sites for hydroxylation is 1. The van der Waals surface area contributed by atoms with E-state index in [2.05, 4.69) is 21.8 Å². The van der Waals surface area contributed by atoms with Crippen LogP contribution in [-0.2, 0) is 6.61 Å². The first-order chi connectivity index (χ1) is 13.1. The summed E-state index contributed by atoms with van der Waals surface area (Å²) in [6.07, 6.45) is 2.06. The summed E-state index contributed by atoms with van der Waals surface area (Å²) in [7, 11) is 0. The predicted molar refractivity (Wildman–Crippen MR) is 110 cm³/mol. The number of benzene rings is 1. The molecule has 1 fully saturated rings. The zero-order valence-electron chi connectivity index (χ0n) is 14.9. The number of halogens is 1. The number of hydrogen-bond donors (Lipinski definition) is 0. The van der Waals surface area contributed by atoms with Crippen molar-refractivity contribution in [2.75, 3.05) is 6.54 Å². The first-order valence-corrected chi connectivity index (χ1v) is 10.9. The molecule has 2 aromatic heterocycles. The summed E-state index contributed by atoms with van der Waals surface area (Å²) < 4.78 is 5.77. The third-order valence-electron chi connectivity index (χ3n) is 4.65. The van der Waals surface area contributed by atoms with Crippen molar-refractivity contribution >= 4 is 40.2 Å². The van der Waals surface area contributed by atoms with Gasteiger partial charge in [-0.05, 0) is 66.4 Å². The molecule has 140 valence electrons. The van der Waals surface area contributed by atoms with E-state index in [1.807, 2.05) is 24.0 Å². The summed E-state index contributed by atoms with van der Waals surface area (Å²) in [4.78, 5) is 20.4. The van der Waals surface area contributed by atoms with E-state index in [-0.39, 0.29) is 11.9 Å². The highest BCUT2D eigenvalue weighted by Gasteiger charge is 2.32. The van der Waals surface area contributed by atoms with Gasteiger partial charge in [0, 0.05) is 11.6 Å². The van der Waals surface area contributed by atoms with Crippen LogP contribution in [0.4, 0.5) is 0 Å². The quantitative estimate of drug-likeness (QED) is 0.531. The van der Waals surface area contributed by atoms with Crippen molar-refractivity contribution in [3.05, 3.63) is 67.3 Å². The highest BCUT2D eigenvalue weighted by Crippen LogP contribution is 2.35. The van der Waals surface area contributed by atoms with Gasteiger partial charge in [-0.2, -0.15) is 11.3 Å². The molecule has 0 N–H and O–H groups in total. The Kier molecular flexibility index (Phi) is 5.48. The Morgan fingerprint density at radius 2 is 2.15 bits per heavy atom. The lowest BCUT2D eigenvalue weighted by Gasteiger charge is -2.23. The van der Waals surface area contributed by atoms with Crippen molar-refractivity contribution in [1.82, 2.24) is 9.88 Å². The van der Waals surface area contributed by atoms with Gasteiger partial charge >= 0.3 is 0 Å². The highest BCUT2D eigenvalue weighted by atomic mass is 35.5. The molecule has 7 heteroatoms. The number of likely N-dealkylation sites (tertiary alicyclic amines) is 1. The number of rotatable bonds is 5. The van der Waals surface area contributed by atoms with Gasteiger partial charge in [0.05, 0.1) is 11.7 Å². The molecule has 3 heterocycles. The van der Waals surface area contributed by atoms with Crippen LogP contribution in [0, 0.1) is 6.92 Å². The van der Waals surface area contributed by atoms with E-state index in [1.54, 1.807) is 23.5 Å². The fraction of sp³-hybridized carbons (Fsp3) is 0.300. The lowest BCUT2D eigenvalue weighted by Crippen LogP contribution is -2.30. The molecule has 0 radical (unpaired) electrons. The summed E-state index contributed by atoms with van der Waals surface area (Å²) in [6.45, 7) is 3.03. The number of ether oxygens (including phenoxy) is 1. The fourth-order valence-electron chi connectivity index (χ4n) is 3.34. The number of carbonyl (C=O) groups is 1. The third kappa shape index (κ3) is 4.03. The molecule has 4 rings (SSSR count). The fourth-order valence-corrected chi connectivity index (χ4v) is 5.11. The van der Waals surface area contributed by atoms with Crippen LogP contribution in [-0.4, -0.2) is 22.3 Å². The molecule has 3 aromatic rings. The summed E-state index contributed by atoms with van der Waals surface area (Å²) in [6, 6.07) is 9.52. The van der Waals surface area contributed by atoms with Crippen molar-refractivity contribution in [2.45, 2.75) is 32.4 Å². The van der Waals surface area contributed by atoms with Crippen molar-refractivity contribution in [3.63, 3.8) is 0 Å². The topological polar surface area (TPSA) is 42.4 Å². The molecule has 1 atom stereocenters. The van der Waals surface area contributed by atoms with Crippen molar-refractivity contribution in [1.29, 1.82) is 0 Å². The second-order valence-corrected chi connectivity index (χ2v) is 8.78. The van der Waals surface area contributed by atoms with Gasteiger partial charge in [-0.3, -0.25) is 4.79 Å². The van der Waals surface area contributed by atoms with Gasteiger partial charge in [0.25, 0.3) is 5.91 Å². The van der Waals surface area contributed by atoms with Crippen molar-refractivity contribution < 1.29 is 9.53 Å². The minimum atomic E-state index is 0.0800. The first-order valence-electron chi connectivity index (χ1n) is 8.79. The van der Waals surface area contributed by atoms with Gasteiger partial charge in [0.2, 0.25) is 0 Å². The van der Waals surface area contributed by atoms with E-state index < -0.39 is 0 Å². The molecule has 0 bridgehead atoms. The normalized spacial score (nSPS) is 16.7. The summed E-state index contributed by atoms with van der Waals surface area (Å²) in [5, 5.41) is 5.69. The Morgan fingerprint density at radius 3 is 2.89 bits per heavy atom. The van der Waals surface area contributed by atoms with E-state index in [1.165, 1.54) is 16.9 Å². The lowest BCUT2D eigenvalue weighted by molar-refractivity contribution is 0.0740. The van der Waals surface area contributed by atoms with Crippen LogP contribution in [0.15, 0.2) is 41.1 Å². The average molecular weight is 419 g/mol. The molecule has 0 aliphatic carbocycles. The lowest BCUT2D eigenvalue weighted by atomic mass is 10.1. The molecule has 1 unspecified atom stereocenters. The number of hydrogen-bond acceptors (Lipinski definition) is 5. The average Bonchev–Trinajstić information content (AvgIpc) is 3.41. The van der Waals surface area contributed by atoms with Crippen LogP contribution in [0.1, 0.15) is 44.8 Å². The molecular formula is C20H19ClN2O2S2. The number of carbonyl (C=O) groups excluding carboxylic acids is 1. The molecule has 27 heavy (non-hydrogen) atoms. The highest BCUT2D eigenvalue weighted by molar-refractivity contribution is 7.13. The maximum absolute atomic E-state index is 13.1. The molecule has 0 spiro atoms. The molecule has 1 aromatic carbocycles. The number of aromatic nitrogens is 1. The zero-order chi connectivity index (χ0) is 18.8. The van der Waals surface area contributed by atoms with Crippen LogP contribution >= 0.6 is 34.3 Å². The Labute approximate surface area is 171 Å². The van der Waals surface area contributed by atoms with Gasteiger partial charge in [0.15, 0.2) is 0 Å². The molecule has 1 amide bonds. The van der Waals surface area contributed by atoms with Gasteiger partial charge < -0.3 is 9.64 Å². The van der Waals surface area contributed by atoms with E-state index in [9.17, 15) is 4.79 Å². The Bertz CT molecular complexity index is 922. The van der Waals surface area contributed by atoms with E-state index in [0.29, 0.717) is 16.5 Å². The van der Waals surface area contributed by atoms with Gasteiger partial charge in [-0.1, -0.05) is 11.6 Å². The zero-order valence-corrected chi connectivity index (χ0v) is 17.2. The smallest absolute Gasteiger partial charge is 0.266 e. The maximum atomic E-state index is 13.1. The number of thiazole rings is 1. The molecule has 1 aliphatic rings. The monoisotopic (exact) mass is 418 g/mol. The second kappa shape index (κ2) is 8.00. The molecule has 4 nitrogen and oxygen atoms in total. The summed E-state index contributed by atoms with van der Waals surface area (Å²) in [5.74, 6) is 0.814. The largest absolute Gasteiger partial charge is 0.486 e. The van der Waals surface area contributed by atoms with E-state index in [4.69, 9.17) is 16.3 Å². The number of amides is 1. The van der Waals surface area contributed by atoms with E-state index in [0.717, 1.165) is 35.8 Å². The SMILES string of the molecule is Cc1nc(COc2ccc(Cl)cc2)sc1C(=O)N1CCCC1c1ccsc1.